The maximum absolute atomic E-state index is 9.72. The quantitative estimate of drug-likeness (QED) is 0.321. The number of pyridine rings is 1. The van der Waals surface area contributed by atoms with Crippen molar-refractivity contribution in [1.29, 1.82) is 0 Å². The molecule has 3 aromatic carbocycles. The first-order valence-electron chi connectivity index (χ1n) is 11.4. The normalized spacial score (nSPS) is 11.2. The van der Waals surface area contributed by atoms with Crippen molar-refractivity contribution in [2.45, 2.75) is 22.9 Å². The molecule has 36 heavy (non-hydrogen) atoms. The summed E-state index contributed by atoms with van der Waals surface area (Å²) in [7, 11) is 0. The smallest absolute Gasteiger partial charge is 0.225 e. The van der Waals surface area contributed by atoms with Crippen LogP contribution in [0.25, 0.3) is 27.9 Å². The lowest BCUT2D eigenvalue weighted by molar-refractivity contribution is 0.279. The van der Waals surface area contributed by atoms with Crippen molar-refractivity contribution in [3.05, 3.63) is 102 Å². The summed E-state index contributed by atoms with van der Waals surface area (Å²) >= 11 is 1.64. The third kappa shape index (κ3) is 4.26. The Labute approximate surface area is 211 Å². The van der Waals surface area contributed by atoms with Crippen molar-refractivity contribution in [2.75, 3.05) is 5.32 Å². The number of nitrogens with one attached hydrogen (secondary N) is 1. The van der Waals surface area contributed by atoms with Gasteiger partial charge in [0.15, 0.2) is 5.82 Å². The Kier molecular flexibility index (Phi) is 5.98. The number of nitrogens with zero attached hydrogens (tertiary/aromatic N) is 6. The summed E-state index contributed by atoms with van der Waals surface area (Å²) in [6, 6.07) is 27.7. The van der Waals surface area contributed by atoms with Gasteiger partial charge in [0.05, 0.1) is 12.1 Å². The molecule has 0 aliphatic rings. The van der Waals surface area contributed by atoms with Gasteiger partial charge in [-0.15, -0.1) is 5.10 Å². The summed E-state index contributed by atoms with van der Waals surface area (Å²) in [6.07, 6.45) is 1.70. The molecule has 0 atom stereocenters. The van der Waals surface area contributed by atoms with Crippen molar-refractivity contribution in [1.82, 2.24) is 29.9 Å². The van der Waals surface area contributed by atoms with Crippen LogP contribution >= 0.6 is 11.8 Å². The van der Waals surface area contributed by atoms with E-state index < -0.39 is 0 Å². The van der Waals surface area contributed by atoms with Gasteiger partial charge in [-0.25, -0.2) is 9.97 Å². The lowest BCUT2D eigenvalue weighted by Crippen LogP contribution is -2.09. The number of hydrogen-bond acceptors (Lipinski definition) is 8. The molecule has 0 spiro atoms. The predicted octanol–water partition coefficient (Wildman–Crippen LogP) is 5.01. The zero-order chi connectivity index (χ0) is 24.3. The number of aliphatic hydroxyl groups excluding tert-OH is 1. The summed E-state index contributed by atoms with van der Waals surface area (Å²) in [4.78, 5) is 16.0. The number of benzene rings is 3. The van der Waals surface area contributed by atoms with E-state index in [2.05, 4.69) is 32.7 Å². The highest BCUT2D eigenvalue weighted by molar-refractivity contribution is 7.99. The highest BCUT2D eigenvalue weighted by Crippen LogP contribution is 2.33. The van der Waals surface area contributed by atoms with Crippen LogP contribution in [-0.2, 0) is 13.2 Å². The van der Waals surface area contributed by atoms with Gasteiger partial charge in [-0.3, -0.25) is 0 Å². The first-order chi connectivity index (χ1) is 17.8. The van der Waals surface area contributed by atoms with E-state index in [-0.39, 0.29) is 6.61 Å². The lowest BCUT2D eigenvalue weighted by atomic mass is 10.2. The van der Waals surface area contributed by atoms with Gasteiger partial charge in [0.25, 0.3) is 0 Å². The van der Waals surface area contributed by atoms with Crippen LogP contribution in [0.1, 0.15) is 11.1 Å². The van der Waals surface area contributed by atoms with Gasteiger partial charge in [0, 0.05) is 27.9 Å². The summed E-state index contributed by atoms with van der Waals surface area (Å²) < 4.78 is 1.70. The Morgan fingerprint density at radius 2 is 1.56 bits per heavy atom. The highest BCUT2D eigenvalue weighted by Gasteiger charge is 2.15. The Hall–Kier alpha value is -4.34. The van der Waals surface area contributed by atoms with Crippen molar-refractivity contribution in [3.8, 4) is 5.82 Å². The van der Waals surface area contributed by atoms with Crippen LogP contribution in [0, 0.1) is 0 Å². The fourth-order valence-corrected chi connectivity index (χ4v) is 5.06. The van der Waals surface area contributed by atoms with Crippen LogP contribution in [0.15, 0.2) is 101 Å². The van der Waals surface area contributed by atoms with E-state index >= 15 is 0 Å². The van der Waals surface area contributed by atoms with E-state index in [0.717, 1.165) is 37.3 Å². The molecule has 3 aromatic heterocycles. The molecule has 0 aliphatic heterocycles. The van der Waals surface area contributed by atoms with E-state index in [1.165, 1.54) is 0 Å². The van der Waals surface area contributed by atoms with Crippen LogP contribution in [0.5, 0.6) is 0 Å². The second-order valence-corrected chi connectivity index (χ2v) is 9.15. The van der Waals surface area contributed by atoms with Gasteiger partial charge >= 0.3 is 0 Å². The topological polar surface area (TPSA) is 102 Å². The zero-order valence-corrected chi connectivity index (χ0v) is 19.9. The van der Waals surface area contributed by atoms with Crippen LogP contribution in [0.2, 0.25) is 0 Å². The van der Waals surface area contributed by atoms with Crippen molar-refractivity contribution in [3.63, 3.8) is 0 Å². The molecule has 0 fully saturated rings. The van der Waals surface area contributed by atoms with E-state index in [4.69, 9.17) is 9.97 Å². The zero-order valence-electron chi connectivity index (χ0n) is 19.1. The van der Waals surface area contributed by atoms with Gasteiger partial charge in [-0.05, 0) is 47.5 Å². The second-order valence-electron chi connectivity index (χ2n) is 8.06. The maximum Gasteiger partial charge on any atom is 0.225 e. The molecule has 9 heteroatoms. The monoisotopic (exact) mass is 491 g/mol. The molecule has 3 heterocycles. The molecular weight excluding hydrogens is 470 g/mol. The number of anilines is 1. The van der Waals surface area contributed by atoms with Gasteiger partial charge in [-0.1, -0.05) is 65.5 Å². The van der Waals surface area contributed by atoms with Crippen molar-refractivity contribution in [2.24, 2.45) is 0 Å². The summed E-state index contributed by atoms with van der Waals surface area (Å²) in [5.74, 6) is 1.13. The molecule has 0 aliphatic carbocycles. The molecule has 6 aromatic rings. The molecule has 0 bridgehead atoms. The Morgan fingerprint density at radius 3 is 2.42 bits per heavy atom. The molecule has 0 saturated carbocycles. The molecule has 8 nitrogen and oxygen atoms in total. The maximum atomic E-state index is 9.72. The Bertz CT molecular complexity index is 1680. The molecular formula is C27H21N7OS. The number of aliphatic hydroxyl groups is 1. The number of hydrogen-bond donors (Lipinski definition) is 2. The predicted molar refractivity (Wildman–Crippen MR) is 140 cm³/mol. The average Bonchev–Trinajstić information content (AvgIpc) is 3.36. The SMILES string of the molecule is OCc1ccccc1Sc1ccccc1CNc1nc(-n2nnc3ncccc32)c2ccccc2n1. The van der Waals surface area contributed by atoms with Crippen LogP contribution in [0.3, 0.4) is 0 Å². The van der Waals surface area contributed by atoms with Gasteiger partial charge in [-0.2, -0.15) is 9.67 Å². The van der Waals surface area contributed by atoms with E-state index in [9.17, 15) is 5.11 Å². The molecule has 176 valence electrons. The van der Waals surface area contributed by atoms with E-state index in [1.54, 1.807) is 22.6 Å². The van der Waals surface area contributed by atoms with E-state index in [0.29, 0.717) is 24.0 Å². The molecule has 0 radical (unpaired) electrons. The number of rotatable bonds is 7. The molecule has 2 N–H and O–H groups in total. The summed E-state index contributed by atoms with van der Waals surface area (Å²) in [5.41, 5.74) is 4.14. The van der Waals surface area contributed by atoms with E-state index in [1.807, 2.05) is 72.8 Å². The Morgan fingerprint density at radius 1 is 0.806 bits per heavy atom. The standard InChI is InChI=1S/C27H21N7OS/c35-17-19-9-2-6-14-24(19)36-23-13-5-1-8-18(23)16-29-27-30-21-11-4-3-10-20(21)26(31-27)34-22-12-7-15-28-25(22)32-33-34/h1-15,35H,16-17H2,(H,29,30,31). The van der Waals surface area contributed by atoms with Crippen molar-refractivity contribution >= 4 is 39.8 Å². The summed E-state index contributed by atoms with van der Waals surface area (Å²) in [6.45, 7) is 0.533. The minimum atomic E-state index is 0.00375. The molecule has 0 saturated heterocycles. The lowest BCUT2D eigenvalue weighted by Gasteiger charge is -2.13. The Balaban J connectivity index is 1.34. The number of fused-ring (bicyclic) bond motifs is 2. The third-order valence-corrected chi connectivity index (χ3v) is 7.02. The second kappa shape index (κ2) is 9.73. The minimum Gasteiger partial charge on any atom is -0.392 e. The third-order valence-electron chi connectivity index (χ3n) is 5.78. The van der Waals surface area contributed by atoms with Crippen LogP contribution in [-0.4, -0.2) is 35.1 Å². The largest absolute Gasteiger partial charge is 0.392 e. The highest BCUT2D eigenvalue weighted by atomic mass is 32.2. The number of para-hydroxylation sites is 1. The van der Waals surface area contributed by atoms with Gasteiger partial charge in [0.2, 0.25) is 11.6 Å². The van der Waals surface area contributed by atoms with Crippen molar-refractivity contribution < 1.29 is 5.11 Å². The minimum absolute atomic E-state index is 0.00375. The van der Waals surface area contributed by atoms with Crippen LogP contribution in [0.4, 0.5) is 5.95 Å². The fraction of sp³-hybridized carbons (Fsp3) is 0.0741. The van der Waals surface area contributed by atoms with Gasteiger partial charge < -0.3 is 10.4 Å². The molecule has 0 amide bonds. The summed E-state index contributed by atoms with van der Waals surface area (Å²) in [5, 5.41) is 22.5. The van der Waals surface area contributed by atoms with Gasteiger partial charge in [0.1, 0.15) is 5.52 Å². The van der Waals surface area contributed by atoms with Crippen LogP contribution < -0.4 is 5.32 Å². The number of aromatic nitrogens is 6. The first-order valence-corrected chi connectivity index (χ1v) is 12.2. The molecule has 6 rings (SSSR count). The first kappa shape index (κ1) is 22.1. The average molecular weight is 492 g/mol. The molecule has 0 unspecified atom stereocenters. The fourth-order valence-electron chi connectivity index (χ4n) is 4.00.